The summed E-state index contributed by atoms with van der Waals surface area (Å²) in [5.41, 5.74) is 5.34. The predicted molar refractivity (Wildman–Crippen MR) is 59.2 cm³/mol. The van der Waals surface area contributed by atoms with Crippen molar-refractivity contribution < 1.29 is 8.78 Å². The summed E-state index contributed by atoms with van der Waals surface area (Å²) in [5.74, 6) is -0.856. The maximum Gasteiger partial charge on any atom is 0.168 e. The Balaban J connectivity index is 2.23. The largest absolute Gasteiger partial charge is 0.381 e. The highest BCUT2D eigenvalue weighted by molar-refractivity contribution is 5.47. The molecule has 1 aromatic rings. The molecule has 1 aliphatic rings. The number of halogens is 2. The summed E-state index contributed by atoms with van der Waals surface area (Å²) in [7, 11) is 0. The zero-order chi connectivity index (χ0) is 11.7. The third kappa shape index (κ3) is 2.08. The molecule has 0 atom stereocenters. The van der Waals surface area contributed by atoms with Gasteiger partial charge in [-0.3, -0.25) is 0 Å². The molecule has 16 heavy (non-hydrogen) atoms. The Bertz CT molecular complexity index is 387. The van der Waals surface area contributed by atoms with Gasteiger partial charge in [-0.25, -0.2) is 13.8 Å². The highest BCUT2D eigenvalue weighted by Gasteiger charge is 2.21. The zero-order valence-corrected chi connectivity index (χ0v) is 9.21. The lowest BCUT2D eigenvalue weighted by Crippen LogP contribution is -2.34. The lowest BCUT2D eigenvalue weighted by molar-refractivity contribution is 0.431. The van der Waals surface area contributed by atoms with Crippen LogP contribution >= 0.6 is 0 Å². The van der Waals surface area contributed by atoms with Crippen LogP contribution in [0, 0.1) is 17.6 Å². The summed E-state index contributed by atoms with van der Waals surface area (Å²) in [6.07, 6.45) is 2.00. The molecule has 1 saturated heterocycles. The summed E-state index contributed by atoms with van der Waals surface area (Å²) < 4.78 is 26.5. The number of piperidine rings is 1. The van der Waals surface area contributed by atoms with Crippen molar-refractivity contribution >= 4 is 11.6 Å². The van der Waals surface area contributed by atoms with Crippen molar-refractivity contribution in [3.8, 4) is 0 Å². The van der Waals surface area contributed by atoms with E-state index in [1.165, 1.54) is 0 Å². The molecule has 3 nitrogen and oxygen atoms in total. The van der Waals surface area contributed by atoms with E-state index >= 15 is 0 Å². The first-order chi connectivity index (χ1) is 7.58. The molecule has 0 aromatic carbocycles. The van der Waals surface area contributed by atoms with Crippen LogP contribution in [-0.2, 0) is 0 Å². The van der Waals surface area contributed by atoms with E-state index in [0.29, 0.717) is 5.92 Å². The van der Waals surface area contributed by atoms with Crippen LogP contribution in [0.1, 0.15) is 19.8 Å². The van der Waals surface area contributed by atoms with Gasteiger partial charge < -0.3 is 10.6 Å². The first-order valence-corrected chi connectivity index (χ1v) is 5.44. The van der Waals surface area contributed by atoms with E-state index in [2.05, 4.69) is 11.9 Å². The topological polar surface area (TPSA) is 42.2 Å². The molecule has 0 unspecified atom stereocenters. The van der Waals surface area contributed by atoms with E-state index < -0.39 is 11.6 Å². The van der Waals surface area contributed by atoms with E-state index in [9.17, 15) is 8.78 Å². The van der Waals surface area contributed by atoms with Crippen LogP contribution in [0.5, 0.6) is 0 Å². The Morgan fingerprint density at radius 3 is 2.56 bits per heavy atom. The van der Waals surface area contributed by atoms with Gasteiger partial charge in [0.1, 0.15) is 0 Å². The second kappa shape index (κ2) is 4.23. The molecule has 88 valence electrons. The summed E-state index contributed by atoms with van der Waals surface area (Å²) in [5, 5.41) is 0. The van der Waals surface area contributed by atoms with Crippen molar-refractivity contribution in [1.82, 2.24) is 4.98 Å². The molecule has 1 aliphatic heterocycles. The average molecular weight is 227 g/mol. The minimum Gasteiger partial charge on any atom is -0.381 e. The number of nitrogen functional groups attached to an aromatic ring is 1. The number of hydrogen-bond acceptors (Lipinski definition) is 3. The number of nitrogens with zero attached hydrogens (tertiary/aromatic N) is 2. The highest BCUT2D eigenvalue weighted by atomic mass is 19.1. The standard InChI is InChI=1S/C11H15F2N3/c1-7-2-4-16(5-3-7)11-9(13)6-8(12)10(14)15-11/h6-7H,2-5H2,1H3,(H2,14,15). The number of pyridine rings is 1. The first-order valence-electron chi connectivity index (χ1n) is 5.44. The minimum absolute atomic E-state index is 0.172. The van der Waals surface area contributed by atoms with Gasteiger partial charge in [0, 0.05) is 19.2 Å². The Hall–Kier alpha value is -1.39. The van der Waals surface area contributed by atoms with Crippen molar-refractivity contribution in [1.29, 1.82) is 0 Å². The molecule has 0 saturated carbocycles. The molecule has 0 radical (unpaired) electrons. The molecule has 0 bridgehead atoms. The first kappa shape index (κ1) is 11.1. The number of hydrogen-bond donors (Lipinski definition) is 1. The smallest absolute Gasteiger partial charge is 0.168 e. The number of nitrogens with two attached hydrogens (primary N) is 1. The van der Waals surface area contributed by atoms with E-state index in [1.807, 2.05) is 4.90 Å². The predicted octanol–water partition coefficient (Wildman–Crippen LogP) is 2.18. The fourth-order valence-corrected chi connectivity index (χ4v) is 1.91. The molecule has 0 spiro atoms. The Morgan fingerprint density at radius 2 is 1.94 bits per heavy atom. The fourth-order valence-electron chi connectivity index (χ4n) is 1.91. The van der Waals surface area contributed by atoms with E-state index in [1.54, 1.807) is 0 Å². The molecule has 2 N–H and O–H groups in total. The van der Waals surface area contributed by atoms with Crippen LogP contribution < -0.4 is 10.6 Å². The minimum atomic E-state index is -0.799. The van der Waals surface area contributed by atoms with Crippen LogP contribution in [0.4, 0.5) is 20.4 Å². The molecule has 1 fully saturated rings. The van der Waals surface area contributed by atoms with Gasteiger partial charge in [0.05, 0.1) is 0 Å². The van der Waals surface area contributed by atoms with Crippen LogP contribution in [0.2, 0.25) is 0 Å². The van der Waals surface area contributed by atoms with E-state index in [0.717, 1.165) is 32.0 Å². The summed E-state index contributed by atoms with van der Waals surface area (Å²) >= 11 is 0. The Labute approximate surface area is 93.3 Å². The SMILES string of the molecule is CC1CCN(c2nc(N)c(F)cc2F)CC1. The van der Waals surface area contributed by atoms with Crippen molar-refractivity contribution in [3.05, 3.63) is 17.7 Å². The molecule has 2 rings (SSSR count). The molecule has 2 heterocycles. The fraction of sp³-hybridized carbons (Fsp3) is 0.545. The van der Waals surface area contributed by atoms with Gasteiger partial charge in [0.2, 0.25) is 0 Å². The van der Waals surface area contributed by atoms with Gasteiger partial charge in [-0.05, 0) is 18.8 Å². The van der Waals surface area contributed by atoms with Gasteiger partial charge in [-0.15, -0.1) is 0 Å². The van der Waals surface area contributed by atoms with Crippen molar-refractivity contribution in [2.45, 2.75) is 19.8 Å². The average Bonchev–Trinajstić information content (AvgIpc) is 2.25. The van der Waals surface area contributed by atoms with Gasteiger partial charge in [0.15, 0.2) is 23.3 Å². The molecule has 0 amide bonds. The maximum atomic E-state index is 13.5. The van der Waals surface area contributed by atoms with Crippen molar-refractivity contribution in [3.63, 3.8) is 0 Å². The van der Waals surface area contributed by atoms with Crippen LogP contribution in [0.15, 0.2) is 6.07 Å². The summed E-state index contributed by atoms with van der Waals surface area (Å²) in [6, 6.07) is 0.801. The Morgan fingerprint density at radius 1 is 1.31 bits per heavy atom. The molecule has 1 aromatic heterocycles. The second-order valence-corrected chi connectivity index (χ2v) is 4.33. The third-order valence-corrected chi connectivity index (χ3v) is 3.02. The van der Waals surface area contributed by atoms with Gasteiger partial charge in [0.25, 0.3) is 0 Å². The van der Waals surface area contributed by atoms with E-state index in [4.69, 9.17) is 5.73 Å². The van der Waals surface area contributed by atoms with Crippen molar-refractivity contribution in [2.75, 3.05) is 23.7 Å². The highest BCUT2D eigenvalue weighted by Crippen LogP contribution is 2.25. The summed E-state index contributed by atoms with van der Waals surface area (Å²) in [6.45, 7) is 3.66. The van der Waals surface area contributed by atoms with Crippen LogP contribution in [0.3, 0.4) is 0 Å². The number of anilines is 2. The van der Waals surface area contributed by atoms with Gasteiger partial charge in [-0.1, -0.05) is 6.92 Å². The molecule has 0 aliphatic carbocycles. The normalized spacial score (nSPS) is 17.8. The lowest BCUT2D eigenvalue weighted by Gasteiger charge is -2.31. The quantitative estimate of drug-likeness (QED) is 0.799. The second-order valence-electron chi connectivity index (χ2n) is 4.33. The zero-order valence-electron chi connectivity index (χ0n) is 9.21. The van der Waals surface area contributed by atoms with Gasteiger partial charge >= 0.3 is 0 Å². The molecular weight excluding hydrogens is 212 g/mol. The molecule has 5 heteroatoms. The molecular formula is C11H15F2N3. The van der Waals surface area contributed by atoms with Crippen LogP contribution in [-0.4, -0.2) is 18.1 Å². The number of rotatable bonds is 1. The van der Waals surface area contributed by atoms with Gasteiger partial charge in [-0.2, -0.15) is 0 Å². The van der Waals surface area contributed by atoms with Crippen LogP contribution in [0.25, 0.3) is 0 Å². The lowest BCUT2D eigenvalue weighted by atomic mass is 9.99. The summed E-state index contributed by atoms with van der Waals surface area (Å²) in [4.78, 5) is 5.60. The third-order valence-electron chi connectivity index (χ3n) is 3.02. The number of aromatic nitrogens is 1. The van der Waals surface area contributed by atoms with Crippen molar-refractivity contribution in [2.24, 2.45) is 5.92 Å². The monoisotopic (exact) mass is 227 g/mol. The van der Waals surface area contributed by atoms with E-state index in [-0.39, 0.29) is 11.6 Å². The Kier molecular flexibility index (Phi) is 2.94. The maximum absolute atomic E-state index is 13.5.